The summed E-state index contributed by atoms with van der Waals surface area (Å²) in [7, 11) is 0. The summed E-state index contributed by atoms with van der Waals surface area (Å²) >= 11 is 0. The number of pyridine rings is 1. The number of unbranched alkanes of at least 4 members (excludes halogenated alkanes) is 1. The quantitative estimate of drug-likeness (QED) is 0.125. The highest BCUT2D eigenvalue weighted by atomic mass is 19.4. The smallest absolute Gasteiger partial charge is 0.417 e. The molecule has 0 saturated heterocycles. The second-order valence-corrected chi connectivity index (χ2v) is 10.4. The summed E-state index contributed by atoms with van der Waals surface area (Å²) in [6.07, 6.45) is -6.15. The molecule has 0 radical (unpaired) electrons. The highest BCUT2D eigenvalue weighted by molar-refractivity contribution is 5.96. The number of carbonyl (C=O) groups excluding carboxylic acids is 1. The fourth-order valence-electron chi connectivity index (χ4n) is 4.61. The van der Waals surface area contributed by atoms with E-state index in [1.807, 2.05) is 6.92 Å². The molecule has 0 aliphatic heterocycles. The van der Waals surface area contributed by atoms with Crippen molar-refractivity contribution >= 4 is 17.8 Å². The fraction of sp³-hybridized carbons (Fsp3) is 0.200. The van der Waals surface area contributed by atoms with Crippen molar-refractivity contribution in [2.45, 2.75) is 32.1 Å². The molecule has 3 N–H and O–H groups in total. The van der Waals surface area contributed by atoms with Gasteiger partial charge in [0.2, 0.25) is 0 Å². The number of aromatic nitrogens is 7. The molecule has 19 heteroatoms. The lowest BCUT2D eigenvalue weighted by Gasteiger charge is -2.12. The first-order valence-corrected chi connectivity index (χ1v) is 14.1. The van der Waals surface area contributed by atoms with E-state index in [0.29, 0.717) is 25.1 Å². The van der Waals surface area contributed by atoms with Crippen LogP contribution in [0.3, 0.4) is 0 Å². The molecule has 0 spiro atoms. The zero-order chi connectivity index (χ0) is 35.7. The lowest BCUT2D eigenvalue weighted by atomic mass is 10.1. The van der Waals surface area contributed by atoms with Gasteiger partial charge in [0.1, 0.15) is 11.4 Å². The molecule has 0 bridgehead atoms. The minimum absolute atomic E-state index is 0.00214. The summed E-state index contributed by atoms with van der Waals surface area (Å²) in [5.41, 5.74) is -5.11. The molecule has 5 rings (SSSR count). The molecule has 1 amide bonds. The van der Waals surface area contributed by atoms with E-state index in [9.17, 15) is 50.9 Å². The lowest BCUT2D eigenvalue weighted by Crippen LogP contribution is -2.24. The molecule has 3 heterocycles. The van der Waals surface area contributed by atoms with E-state index in [2.05, 4.69) is 30.9 Å². The maximum atomic E-state index is 13.6. The number of carboxylic acid groups (broad SMARTS) is 2. The van der Waals surface area contributed by atoms with Gasteiger partial charge in [0.05, 0.1) is 57.4 Å². The topological polar surface area (TPSA) is 178 Å². The molecule has 2 aromatic carbocycles. The average molecular weight is 689 g/mol. The first kappa shape index (κ1) is 34.2. The molecule has 0 unspecified atom stereocenters. The van der Waals surface area contributed by atoms with Crippen molar-refractivity contribution in [1.82, 2.24) is 40.3 Å². The summed E-state index contributed by atoms with van der Waals surface area (Å²) in [6, 6.07) is 7.58. The largest absolute Gasteiger partial charge is 0.478 e. The molecule has 254 valence electrons. The minimum atomic E-state index is -4.99. The van der Waals surface area contributed by atoms with Crippen molar-refractivity contribution in [3.63, 3.8) is 0 Å². The zero-order valence-corrected chi connectivity index (χ0v) is 24.9. The number of nitrogens with one attached hydrogen (secondary N) is 1. The standard InChI is InChI=1S/C30H22F6N8O5/c1-2-3-8-37-26(45)15-9-22(24-13-43(41-39-24)16-4-6-18(27(46)47)20(11-16)29(31,32)33)38-23(10-15)25-14-44(42-40-25)17-5-7-19(28(48)49)21(12-17)30(34,35)36/h4-7,9-14H,2-3,8H2,1H3,(H,37,45)(H,46,47)(H,48,49). The monoisotopic (exact) mass is 688 g/mol. The Morgan fingerprint density at radius 2 is 1.16 bits per heavy atom. The molecule has 49 heavy (non-hydrogen) atoms. The Morgan fingerprint density at radius 1 is 0.714 bits per heavy atom. The first-order valence-electron chi connectivity index (χ1n) is 14.1. The normalized spacial score (nSPS) is 11.8. The van der Waals surface area contributed by atoms with Crippen LogP contribution in [0.2, 0.25) is 0 Å². The van der Waals surface area contributed by atoms with Gasteiger partial charge in [-0.3, -0.25) is 4.79 Å². The van der Waals surface area contributed by atoms with Crippen molar-refractivity contribution in [1.29, 1.82) is 0 Å². The first-order chi connectivity index (χ1) is 23.1. The Labute approximate surface area is 270 Å². The van der Waals surface area contributed by atoms with Crippen LogP contribution < -0.4 is 5.32 Å². The van der Waals surface area contributed by atoms with Crippen LogP contribution in [-0.2, 0) is 12.4 Å². The van der Waals surface area contributed by atoms with Gasteiger partial charge in [0, 0.05) is 12.1 Å². The van der Waals surface area contributed by atoms with E-state index >= 15 is 0 Å². The van der Waals surface area contributed by atoms with Gasteiger partial charge in [0.25, 0.3) is 5.91 Å². The van der Waals surface area contributed by atoms with Gasteiger partial charge >= 0.3 is 24.3 Å². The highest BCUT2D eigenvalue weighted by Crippen LogP contribution is 2.35. The number of alkyl halides is 6. The number of halogens is 6. The van der Waals surface area contributed by atoms with Crippen LogP contribution >= 0.6 is 0 Å². The Kier molecular flexibility index (Phi) is 9.19. The number of carbonyl (C=O) groups is 3. The van der Waals surface area contributed by atoms with Gasteiger partial charge in [-0.25, -0.2) is 23.9 Å². The van der Waals surface area contributed by atoms with Gasteiger partial charge < -0.3 is 15.5 Å². The number of amides is 1. The van der Waals surface area contributed by atoms with Crippen LogP contribution in [0.5, 0.6) is 0 Å². The van der Waals surface area contributed by atoms with E-state index in [4.69, 9.17) is 0 Å². The predicted octanol–water partition coefficient (Wildman–Crippen LogP) is 5.54. The van der Waals surface area contributed by atoms with Gasteiger partial charge in [-0.2, -0.15) is 26.3 Å². The van der Waals surface area contributed by atoms with Crippen molar-refractivity contribution in [2.75, 3.05) is 6.54 Å². The third kappa shape index (κ3) is 7.39. The number of aromatic carboxylic acids is 2. The van der Waals surface area contributed by atoms with Crippen LogP contribution in [0.25, 0.3) is 34.2 Å². The van der Waals surface area contributed by atoms with Crippen LogP contribution in [0, 0.1) is 0 Å². The van der Waals surface area contributed by atoms with Crippen molar-refractivity contribution in [3.8, 4) is 34.2 Å². The van der Waals surface area contributed by atoms with E-state index < -0.39 is 52.5 Å². The Hall–Kier alpha value is -6.14. The summed E-state index contributed by atoms with van der Waals surface area (Å²) in [5.74, 6) is -4.09. The second kappa shape index (κ2) is 13.2. The predicted molar refractivity (Wildman–Crippen MR) is 156 cm³/mol. The molecule has 0 atom stereocenters. The molecular formula is C30H22F6N8O5. The van der Waals surface area contributed by atoms with Crippen molar-refractivity contribution < 1.29 is 50.9 Å². The Bertz CT molecular complexity index is 1940. The van der Waals surface area contributed by atoms with Gasteiger partial charge in [-0.15, -0.1) is 10.2 Å². The molecular weight excluding hydrogens is 666 g/mol. The third-order valence-corrected chi connectivity index (χ3v) is 7.02. The molecule has 0 saturated carbocycles. The summed E-state index contributed by atoms with van der Waals surface area (Å²) in [6.45, 7) is 2.25. The SMILES string of the molecule is CCCCNC(=O)c1cc(-c2cn(-c3ccc(C(=O)O)c(C(F)(F)F)c3)nn2)nc(-c2cn(-c3ccc(C(=O)O)c(C(F)(F)F)c3)nn2)c1. The van der Waals surface area contributed by atoms with E-state index in [1.54, 1.807) is 0 Å². The number of hydrogen-bond acceptors (Lipinski definition) is 8. The van der Waals surface area contributed by atoms with E-state index in [-0.39, 0.29) is 39.7 Å². The molecule has 3 aromatic heterocycles. The van der Waals surface area contributed by atoms with Crippen LogP contribution in [0.15, 0.2) is 60.9 Å². The summed E-state index contributed by atoms with van der Waals surface area (Å²) in [5, 5.41) is 36.7. The second-order valence-electron chi connectivity index (χ2n) is 10.4. The minimum Gasteiger partial charge on any atom is -0.478 e. The van der Waals surface area contributed by atoms with Crippen molar-refractivity contribution in [3.05, 3.63) is 88.7 Å². The number of hydrogen-bond donors (Lipinski definition) is 3. The maximum Gasteiger partial charge on any atom is 0.417 e. The number of nitrogens with zero attached hydrogens (tertiary/aromatic N) is 7. The highest BCUT2D eigenvalue weighted by Gasteiger charge is 2.37. The lowest BCUT2D eigenvalue weighted by molar-refractivity contribution is -0.138. The van der Waals surface area contributed by atoms with E-state index in [0.717, 1.165) is 40.0 Å². The summed E-state index contributed by atoms with van der Waals surface area (Å²) < 4.78 is 83.5. The molecule has 0 aliphatic carbocycles. The number of carboxylic acids is 2. The van der Waals surface area contributed by atoms with Gasteiger partial charge in [-0.1, -0.05) is 23.8 Å². The van der Waals surface area contributed by atoms with Crippen LogP contribution in [-0.4, -0.2) is 69.6 Å². The third-order valence-electron chi connectivity index (χ3n) is 7.02. The van der Waals surface area contributed by atoms with Crippen LogP contribution in [0.1, 0.15) is 62.0 Å². The maximum absolute atomic E-state index is 13.6. The van der Waals surface area contributed by atoms with Crippen molar-refractivity contribution in [2.24, 2.45) is 0 Å². The molecule has 13 nitrogen and oxygen atoms in total. The average Bonchev–Trinajstić information content (AvgIpc) is 3.74. The molecule has 0 aliphatic rings. The summed E-state index contributed by atoms with van der Waals surface area (Å²) in [4.78, 5) is 40.2. The molecule has 5 aromatic rings. The van der Waals surface area contributed by atoms with Gasteiger partial charge in [0.15, 0.2) is 0 Å². The fourth-order valence-corrected chi connectivity index (χ4v) is 4.61. The van der Waals surface area contributed by atoms with Crippen LogP contribution in [0.4, 0.5) is 26.3 Å². The number of benzene rings is 2. The molecule has 0 fully saturated rings. The Balaban J connectivity index is 1.56. The van der Waals surface area contributed by atoms with E-state index in [1.165, 1.54) is 24.5 Å². The zero-order valence-electron chi connectivity index (χ0n) is 24.9. The Morgan fingerprint density at radius 3 is 1.55 bits per heavy atom. The number of rotatable bonds is 10. The van der Waals surface area contributed by atoms with Gasteiger partial charge in [-0.05, 0) is 55.0 Å².